The van der Waals surface area contributed by atoms with Crippen molar-refractivity contribution in [2.24, 2.45) is 5.41 Å². The summed E-state index contributed by atoms with van der Waals surface area (Å²) in [6, 6.07) is 17.8. The first kappa shape index (κ1) is 25.1. The fraction of sp³-hybridized carbons (Fsp3) is 0.333. The molecule has 2 heterocycles. The van der Waals surface area contributed by atoms with Crippen LogP contribution >= 0.6 is 0 Å². The van der Waals surface area contributed by atoms with E-state index in [2.05, 4.69) is 20.4 Å². The number of hydrogen-bond donors (Lipinski definition) is 3. The summed E-state index contributed by atoms with van der Waals surface area (Å²) < 4.78 is 7.19. The van der Waals surface area contributed by atoms with Gasteiger partial charge in [-0.1, -0.05) is 62.7 Å². The standard InChI is InChI=1S/C26H27N5O4.CH4/c32-17-26(12-6-7-13-26)16-27-24(34)20-10-4-5-11-21(20)35-15-19-14-22(33)31-25(28-19)29-23(30-31)18-8-2-1-3-9-18;/h1-5,8-11,14,32H,6-7,12-13,15-17H2,(H,27,34)(H,28,29,30);1H4. The number of aromatic nitrogens is 4. The number of nitrogens with zero attached hydrogens (tertiary/aromatic N) is 3. The molecule has 0 atom stereocenters. The van der Waals surface area contributed by atoms with Crippen molar-refractivity contribution in [3.05, 3.63) is 82.3 Å². The van der Waals surface area contributed by atoms with Gasteiger partial charge >= 0.3 is 0 Å². The van der Waals surface area contributed by atoms with Crippen LogP contribution in [0.15, 0.2) is 65.5 Å². The molecule has 3 N–H and O–H groups in total. The van der Waals surface area contributed by atoms with Crippen LogP contribution in [-0.4, -0.2) is 43.7 Å². The topological polar surface area (TPSA) is 122 Å². The van der Waals surface area contributed by atoms with Gasteiger partial charge < -0.3 is 15.2 Å². The van der Waals surface area contributed by atoms with Gasteiger partial charge in [0.2, 0.25) is 0 Å². The van der Waals surface area contributed by atoms with Crippen LogP contribution in [0.2, 0.25) is 0 Å². The predicted octanol–water partition coefficient (Wildman–Crippen LogP) is 3.58. The van der Waals surface area contributed by atoms with E-state index in [-0.39, 0.29) is 43.3 Å². The Morgan fingerprint density at radius 2 is 1.81 bits per heavy atom. The van der Waals surface area contributed by atoms with Gasteiger partial charge in [0.1, 0.15) is 12.4 Å². The number of para-hydroxylation sites is 1. The number of hydrogen-bond acceptors (Lipinski definition) is 6. The zero-order valence-electron chi connectivity index (χ0n) is 19.2. The lowest BCUT2D eigenvalue weighted by molar-refractivity contribution is 0.0876. The molecule has 0 spiro atoms. The maximum Gasteiger partial charge on any atom is 0.274 e. The van der Waals surface area contributed by atoms with Crippen molar-refractivity contribution in [3.8, 4) is 17.1 Å². The molecule has 4 aromatic rings. The lowest BCUT2D eigenvalue weighted by atomic mass is 9.87. The summed E-state index contributed by atoms with van der Waals surface area (Å²) in [5.74, 6) is 0.914. The summed E-state index contributed by atoms with van der Waals surface area (Å²) in [6.45, 7) is 0.493. The quantitative estimate of drug-likeness (QED) is 0.348. The molecule has 0 unspecified atom stereocenters. The van der Waals surface area contributed by atoms with Crippen molar-refractivity contribution >= 4 is 11.7 Å². The summed E-state index contributed by atoms with van der Waals surface area (Å²) in [4.78, 5) is 34.4. The highest BCUT2D eigenvalue weighted by atomic mass is 16.5. The van der Waals surface area contributed by atoms with Crippen LogP contribution < -0.4 is 15.6 Å². The van der Waals surface area contributed by atoms with Gasteiger partial charge in [0, 0.05) is 23.6 Å². The summed E-state index contributed by atoms with van der Waals surface area (Å²) in [5.41, 5.74) is 1.09. The van der Waals surface area contributed by atoms with Crippen molar-refractivity contribution in [2.75, 3.05) is 13.2 Å². The minimum absolute atomic E-state index is 0. The predicted molar refractivity (Wildman–Crippen MR) is 137 cm³/mol. The zero-order valence-corrected chi connectivity index (χ0v) is 19.2. The van der Waals surface area contributed by atoms with Crippen molar-refractivity contribution < 1.29 is 14.6 Å². The summed E-state index contributed by atoms with van der Waals surface area (Å²) in [7, 11) is 0. The molecular weight excluding hydrogens is 458 g/mol. The van der Waals surface area contributed by atoms with Gasteiger partial charge in [-0.25, -0.2) is 4.98 Å². The number of aliphatic hydroxyl groups excluding tert-OH is 1. The van der Waals surface area contributed by atoms with E-state index in [0.29, 0.717) is 29.4 Å². The second-order valence-corrected chi connectivity index (χ2v) is 8.99. The van der Waals surface area contributed by atoms with Crippen LogP contribution in [0.3, 0.4) is 0 Å². The summed E-state index contributed by atoms with van der Waals surface area (Å²) in [6.07, 6.45) is 3.95. The molecule has 1 saturated carbocycles. The Kier molecular flexibility index (Phi) is 7.49. The van der Waals surface area contributed by atoms with Gasteiger partial charge in [-0.05, 0) is 25.0 Å². The lowest BCUT2D eigenvalue weighted by Crippen LogP contribution is -2.38. The highest BCUT2D eigenvalue weighted by molar-refractivity contribution is 5.96. The first-order chi connectivity index (χ1) is 17.1. The number of aromatic amines is 1. The Balaban J connectivity index is 0.00000304. The molecule has 0 bridgehead atoms. The van der Waals surface area contributed by atoms with Crippen LogP contribution in [0.5, 0.6) is 5.75 Å². The van der Waals surface area contributed by atoms with E-state index in [1.807, 2.05) is 30.3 Å². The van der Waals surface area contributed by atoms with Crippen molar-refractivity contribution in [3.63, 3.8) is 0 Å². The molecule has 1 amide bonds. The van der Waals surface area contributed by atoms with Gasteiger partial charge in [0.15, 0.2) is 5.82 Å². The normalized spacial score (nSPS) is 14.4. The van der Waals surface area contributed by atoms with E-state index in [4.69, 9.17) is 4.74 Å². The molecule has 2 aromatic heterocycles. The van der Waals surface area contributed by atoms with Crippen molar-refractivity contribution in [2.45, 2.75) is 39.7 Å². The third-order valence-electron chi connectivity index (χ3n) is 6.56. The Labute approximate surface area is 209 Å². The molecule has 36 heavy (non-hydrogen) atoms. The van der Waals surface area contributed by atoms with E-state index in [9.17, 15) is 14.7 Å². The molecule has 0 aliphatic heterocycles. The highest BCUT2D eigenvalue weighted by Gasteiger charge is 2.33. The molecule has 9 nitrogen and oxygen atoms in total. The molecule has 2 aromatic carbocycles. The smallest absolute Gasteiger partial charge is 0.274 e. The van der Waals surface area contributed by atoms with E-state index < -0.39 is 0 Å². The average Bonchev–Trinajstić information content (AvgIpc) is 3.55. The minimum Gasteiger partial charge on any atom is -0.486 e. The largest absolute Gasteiger partial charge is 0.486 e. The second-order valence-electron chi connectivity index (χ2n) is 8.99. The molecule has 1 aliphatic rings. The summed E-state index contributed by atoms with van der Waals surface area (Å²) >= 11 is 0. The van der Waals surface area contributed by atoms with Crippen molar-refractivity contribution in [1.82, 2.24) is 24.9 Å². The zero-order chi connectivity index (χ0) is 24.3. The van der Waals surface area contributed by atoms with Gasteiger partial charge in [-0.3, -0.25) is 14.7 Å². The average molecular weight is 490 g/mol. The summed E-state index contributed by atoms with van der Waals surface area (Å²) in [5, 5.41) is 15.7. The number of carbonyl (C=O) groups excluding carboxylic acids is 1. The van der Waals surface area contributed by atoms with Crippen LogP contribution in [0.4, 0.5) is 0 Å². The molecule has 0 radical (unpaired) electrons. The lowest BCUT2D eigenvalue weighted by Gasteiger charge is -2.26. The van der Waals surface area contributed by atoms with Crippen LogP contribution in [0, 0.1) is 5.41 Å². The Morgan fingerprint density at radius 3 is 2.56 bits per heavy atom. The molecule has 1 fully saturated rings. The molecule has 188 valence electrons. The number of carbonyl (C=O) groups is 1. The Hall–Kier alpha value is -3.98. The monoisotopic (exact) mass is 489 g/mol. The number of benzene rings is 2. The van der Waals surface area contributed by atoms with E-state index in [1.165, 1.54) is 10.6 Å². The first-order valence-corrected chi connectivity index (χ1v) is 11.7. The Morgan fingerprint density at radius 1 is 1.08 bits per heavy atom. The number of amides is 1. The fourth-order valence-corrected chi connectivity index (χ4v) is 4.54. The van der Waals surface area contributed by atoms with Gasteiger partial charge in [-0.2, -0.15) is 9.50 Å². The van der Waals surface area contributed by atoms with Crippen LogP contribution in [0.1, 0.15) is 49.2 Å². The maximum absolute atomic E-state index is 12.9. The maximum atomic E-state index is 12.9. The molecule has 5 rings (SSSR count). The van der Waals surface area contributed by atoms with Crippen LogP contribution in [0.25, 0.3) is 17.2 Å². The number of fused-ring (bicyclic) bond motifs is 1. The fourth-order valence-electron chi connectivity index (χ4n) is 4.54. The third kappa shape index (κ3) is 5.16. The van der Waals surface area contributed by atoms with Crippen molar-refractivity contribution in [1.29, 1.82) is 0 Å². The number of nitrogens with one attached hydrogen (secondary N) is 2. The Bertz CT molecular complexity index is 1390. The number of ether oxygens (including phenoxy) is 1. The molecule has 0 saturated heterocycles. The molecule has 1 aliphatic carbocycles. The highest BCUT2D eigenvalue weighted by Crippen LogP contribution is 2.37. The number of rotatable bonds is 8. The van der Waals surface area contributed by atoms with E-state index in [0.717, 1.165) is 31.2 Å². The van der Waals surface area contributed by atoms with Gasteiger partial charge in [0.05, 0.1) is 17.9 Å². The third-order valence-corrected chi connectivity index (χ3v) is 6.56. The minimum atomic E-state index is -0.305. The number of aliphatic hydroxyl groups is 1. The van der Waals surface area contributed by atoms with E-state index in [1.54, 1.807) is 24.3 Å². The van der Waals surface area contributed by atoms with Gasteiger partial charge in [-0.15, -0.1) is 0 Å². The first-order valence-electron chi connectivity index (χ1n) is 11.7. The second kappa shape index (κ2) is 10.7. The molecular formula is C27H31N5O4. The van der Waals surface area contributed by atoms with Gasteiger partial charge in [0.25, 0.3) is 17.2 Å². The SMILES string of the molecule is C.O=C(NCC1(CO)CCCC1)c1ccccc1OCc1cc(=O)n2[nH]c(-c3ccccc3)nc2n1. The molecule has 9 heteroatoms. The number of H-pyrrole nitrogens is 1. The van der Waals surface area contributed by atoms with E-state index >= 15 is 0 Å². The van der Waals surface area contributed by atoms with Crippen LogP contribution in [-0.2, 0) is 6.61 Å².